The van der Waals surface area contributed by atoms with Gasteiger partial charge in [0.05, 0.1) is 12.6 Å². The molecule has 3 heterocycles. The van der Waals surface area contributed by atoms with Crippen LogP contribution in [0.15, 0.2) is 23.6 Å². The zero-order valence-corrected chi connectivity index (χ0v) is 17.3. The van der Waals surface area contributed by atoms with Crippen molar-refractivity contribution >= 4 is 28.2 Å². The minimum Gasteiger partial charge on any atom is -0.496 e. The van der Waals surface area contributed by atoms with E-state index in [1.807, 2.05) is 0 Å². The fourth-order valence-corrected chi connectivity index (χ4v) is 4.28. The highest BCUT2D eigenvalue weighted by Crippen LogP contribution is 2.38. The Balaban J connectivity index is 1.79. The summed E-state index contributed by atoms with van der Waals surface area (Å²) in [4.78, 5) is 19.4. The van der Waals surface area contributed by atoms with E-state index in [0.29, 0.717) is 34.5 Å². The lowest BCUT2D eigenvalue weighted by molar-refractivity contribution is -0.141. The number of hydrogen-bond donors (Lipinski definition) is 2. The van der Waals surface area contributed by atoms with Crippen molar-refractivity contribution < 1.29 is 32.5 Å². The summed E-state index contributed by atoms with van der Waals surface area (Å²) in [6, 6.07) is 4.34. The molecule has 2 N–H and O–H groups in total. The molecule has 7 nitrogen and oxygen atoms in total. The first-order chi connectivity index (χ1) is 14.7. The lowest BCUT2D eigenvalue weighted by atomic mass is 10.1. The van der Waals surface area contributed by atoms with Gasteiger partial charge in [0.25, 0.3) is 0 Å². The van der Waals surface area contributed by atoms with Gasteiger partial charge in [-0.25, -0.2) is 9.97 Å². The van der Waals surface area contributed by atoms with E-state index >= 15 is 0 Å². The molecule has 11 heteroatoms. The molecule has 1 aliphatic rings. The van der Waals surface area contributed by atoms with Crippen molar-refractivity contribution in [3.8, 4) is 22.2 Å². The predicted octanol–water partition coefficient (Wildman–Crippen LogP) is 3.89. The highest BCUT2D eigenvalue weighted by Gasteiger charge is 2.34. The van der Waals surface area contributed by atoms with Crippen LogP contribution in [0.25, 0.3) is 21.6 Å². The molecule has 0 aliphatic carbocycles. The Morgan fingerprint density at radius 3 is 2.68 bits per heavy atom. The van der Waals surface area contributed by atoms with E-state index in [0.717, 1.165) is 16.7 Å². The quantitative estimate of drug-likeness (QED) is 0.605. The highest BCUT2D eigenvalue weighted by atomic mass is 32.1. The summed E-state index contributed by atoms with van der Waals surface area (Å²) >= 11 is 0.839. The van der Waals surface area contributed by atoms with Crippen molar-refractivity contribution in [1.82, 2.24) is 15.3 Å². The first kappa shape index (κ1) is 21.3. The summed E-state index contributed by atoms with van der Waals surface area (Å²) in [7, 11) is 1.52. The fraction of sp³-hybridized carbons (Fsp3) is 0.350. The van der Waals surface area contributed by atoms with E-state index in [-0.39, 0.29) is 17.1 Å². The van der Waals surface area contributed by atoms with Gasteiger partial charge >= 0.3 is 12.1 Å². The lowest BCUT2D eigenvalue weighted by Gasteiger charge is -2.17. The summed E-state index contributed by atoms with van der Waals surface area (Å²) in [6.07, 6.45) is -4.70. The number of nitrogens with one attached hydrogen (secondary N) is 1. The number of alkyl halides is 3. The molecule has 2 atom stereocenters. The van der Waals surface area contributed by atoms with Crippen LogP contribution in [0.2, 0.25) is 0 Å². The number of fused-ring (bicyclic) bond motifs is 1. The predicted molar refractivity (Wildman–Crippen MR) is 108 cm³/mol. The maximum absolute atomic E-state index is 13.0. The lowest BCUT2D eigenvalue weighted by Crippen LogP contribution is -2.30. The molecule has 1 fully saturated rings. The van der Waals surface area contributed by atoms with Crippen molar-refractivity contribution in [1.29, 1.82) is 0 Å². The number of carboxylic acids is 1. The summed E-state index contributed by atoms with van der Waals surface area (Å²) in [5.74, 6) is 0.00784. The molecular weight excluding hydrogens is 435 g/mol. The van der Waals surface area contributed by atoms with Crippen LogP contribution in [0, 0.1) is 6.92 Å². The zero-order chi connectivity index (χ0) is 22.3. The second-order valence-corrected chi connectivity index (χ2v) is 7.96. The van der Waals surface area contributed by atoms with E-state index in [2.05, 4.69) is 15.3 Å². The number of hydrogen-bond acceptors (Lipinski definition) is 7. The van der Waals surface area contributed by atoms with E-state index in [4.69, 9.17) is 9.47 Å². The molecule has 3 aromatic rings. The number of rotatable bonds is 5. The molecular formula is C20H18F3N3O4S. The molecule has 164 valence electrons. The van der Waals surface area contributed by atoms with E-state index in [9.17, 15) is 23.1 Å². The normalized spacial score (nSPS) is 19.0. The number of carboxylic acid groups (broad SMARTS) is 1. The van der Waals surface area contributed by atoms with Gasteiger partial charge < -0.3 is 19.9 Å². The SMILES string of the molecule is COc1ccc2c(O[C@@H]3CN[C@H](C(=O)O)C3)cc(-c3nc(C(F)(F)F)cs3)nc2c1C. The van der Waals surface area contributed by atoms with Gasteiger partial charge in [-0.1, -0.05) is 0 Å². The minimum absolute atomic E-state index is 0.106. The number of methoxy groups -OCH3 is 1. The van der Waals surface area contributed by atoms with E-state index in [1.165, 1.54) is 7.11 Å². The number of aromatic nitrogens is 2. The molecule has 1 aliphatic heterocycles. The van der Waals surface area contributed by atoms with E-state index < -0.39 is 30.0 Å². The van der Waals surface area contributed by atoms with Gasteiger partial charge in [-0.2, -0.15) is 13.2 Å². The molecule has 4 rings (SSSR count). The summed E-state index contributed by atoms with van der Waals surface area (Å²) < 4.78 is 50.5. The Morgan fingerprint density at radius 1 is 1.29 bits per heavy atom. The smallest absolute Gasteiger partial charge is 0.434 e. The van der Waals surface area contributed by atoms with Crippen LogP contribution in [-0.2, 0) is 11.0 Å². The van der Waals surface area contributed by atoms with Gasteiger partial charge in [0.15, 0.2) is 5.69 Å². The average molecular weight is 453 g/mol. The van der Waals surface area contributed by atoms with Crippen LogP contribution >= 0.6 is 11.3 Å². The first-order valence-electron chi connectivity index (χ1n) is 9.31. The van der Waals surface area contributed by atoms with Crippen molar-refractivity contribution in [3.63, 3.8) is 0 Å². The van der Waals surface area contributed by atoms with E-state index in [1.54, 1.807) is 25.1 Å². The van der Waals surface area contributed by atoms with Crippen LogP contribution in [0.3, 0.4) is 0 Å². The monoisotopic (exact) mass is 453 g/mol. The van der Waals surface area contributed by atoms with Gasteiger partial charge in [-0.3, -0.25) is 4.79 Å². The van der Waals surface area contributed by atoms with Crippen LogP contribution < -0.4 is 14.8 Å². The standard InChI is InChI=1S/C20H18F3N3O4S/c1-9-14(29-2)4-3-11-15(30-10-5-13(19(27)28)24-7-10)6-12(25-17(9)11)18-26-16(8-31-18)20(21,22)23/h3-4,6,8,10,13,24H,5,7H2,1-2H3,(H,27,28)/t10-,13-/m0/s1. The maximum Gasteiger partial charge on any atom is 0.434 e. The largest absolute Gasteiger partial charge is 0.496 e. The fourth-order valence-electron chi connectivity index (χ4n) is 3.49. The zero-order valence-electron chi connectivity index (χ0n) is 16.5. The first-order valence-corrected chi connectivity index (χ1v) is 10.2. The number of ether oxygens (including phenoxy) is 2. The van der Waals surface area contributed by atoms with Crippen LogP contribution in [0.5, 0.6) is 11.5 Å². The number of nitrogens with zero attached hydrogens (tertiary/aromatic N) is 2. The number of pyridine rings is 1. The number of aliphatic carboxylic acids is 1. The molecule has 0 amide bonds. The Kier molecular flexibility index (Phi) is 5.48. The van der Waals surface area contributed by atoms with Crippen molar-refractivity contribution in [2.45, 2.75) is 31.7 Å². The van der Waals surface area contributed by atoms with Crippen molar-refractivity contribution in [3.05, 3.63) is 34.8 Å². The Morgan fingerprint density at radius 2 is 2.06 bits per heavy atom. The Bertz CT molecular complexity index is 1150. The second-order valence-electron chi connectivity index (χ2n) is 7.10. The minimum atomic E-state index is -4.55. The van der Waals surface area contributed by atoms with Gasteiger partial charge in [0.1, 0.15) is 34.3 Å². The molecule has 1 saturated heterocycles. The van der Waals surface area contributed by atoms with Gasteiger partial charge in [-0.05, 0) is 19.1 Å². The molecule has 0 unspecified atom stereocenters. The summed E-state index contributed by atoms with van der Waals surface area (Å²) in [5, 5.41) is 13.8. The van der Waals surface area contributed by atoms with Crippen LogP contribution in [0.4, 0.5) is 13.2 Å². The molecule has 0 radical (unpaired) electrons. The number of carbonyl (C=O) groups is 1. The molecule has 0 saturated carbocycles. The summed E-state index contributed by atoms with van der Waals surface area (Å²) in [5.41, 5.74) is 0.465. The third-order valence-electron chi connectivity index (χ3n) is 5.06. The number of halogens is 3. The third-order valence-corrected chi connectivity index (χ3v) is 5.93. The number of aryl methyl sites for hydroxylation is 1. The van der Waals surface area contributed by atoms with Gasteiger partial charge in [-0.15, -0.1) is 11.3 Å². The second kappa shape index (κ2) is 7.97. The molecule has 0 spiro atoms. The third kappa shape index (κ3) is 4.15. The highest BCUT2D eigenvalue weighted by molar-refractivity contribution is 7.13. The van der Waals surface area contributed by atoms with Gasteiger partial charge in [0, 0.05) is 35.4 Å². The molecule has 1 aromatic carbocycles. The Hall–Kier alpha value is -2.92. The maximum atomic E-state index is 13.0. The van der Waals surface area contributed by atoms with Gasteiger partial charge in [0.2, 0.25) is 0 Å². The van der Waals surface area contributed by atoms with Crippen LogP contribution in [0.1, 0.15) is 17.7 Å². The van der Waals surface area contributed by atoms with Crippen LogP contribution in [-0.4, -0.2) is 46.8 Å². The van der Waals surface area contributed by atoms with Crippen molar-refractivity contribution in [2.24, 2.45) is 0 Å². The molecule has 31 heavy (non-hydrogen) atoms. The molecule has 0 bridgehead atoms. The number of thiazole rings is 1. The topological polar surface area (TPSA) is 93.6 Å². The summed E-state index contributed by atoms with van der Waals surface area (Å²) in [6.45, 7) is 2.13. The average Bonchev–Trinajstić information content (AvgIpc) is 3.38. The molecule has 2 aromatic heterocycles. The van der Waals surface area contributed by atoms with Crippen molar-refractivity contribution in [2.75, 3.05) is 13.7 Å². The Labute approximate surface area is 178 Å². The number of benzene rings is 1.